The van der Waals surface area contributed by atoms with Crippen LogP contribution in [0.25, 0.3) is 11.3 Å². The summed E-state index contributed by atoms with van der Waals surface area (Å²) in [7, 11) is 0. The van der Waals surface area contributed by atoms with Gasteiger partial charge < -0.3 is 14.9 Å². The highest BCUT2D eigenvalue weighted by atomic mass is 16.5. The zero-order chi connectivity index (χ0) is 16.7. The fourth-order valence-electron chi connectivity index (χ4n) is 2.87. The molecule has 7 heteroatoms. The summed E-state index contributed by atoms with van der Waals surface area (Å²) in [6.45, 7) is 1.85. The molecule has 3 aromatic heterocycles. The van der Waals surface area contributed by atoms with Gasteiger partial charge in [0, 0.05) is 18.0 Å². The number of nitrogens with one attached hydrogen (secondary N) is 1. The first kappa shape index (κ1) is 14.1. The summed E-state index contributed by atoms with van der Waals surface area (Å²) in [6, 6.07) is 9.54. The van der Waals surface area contributed by atoms with Crippen molar-refractivity contribution >= 4 is 0 Å². The van der Waals surface area contributed by atoms with Crippen molar-refractivity contribution in [3.63, 3.8) is 0 Å². The van der Waals surface area contributed by atoms with Crippen molar-refractivity contribution < 1.29 is 9.15 Å². The summed E-state index contributed by atoms with van der Waals surface area (Å²) in [6.07, 6.45) is 3.40. The summed E-state index contributed by atoms with van der Waals surface area (Å²) in [4.78, 5) is 4.13. The normalized spacial score (nSPS) is 16.4. The second-order valence-electron chi connectivity index (χ2n) is 5.43. The molecule has 0 unspecified atom stereocenters. The number of allylic oxidation sites excluding steroid dienone is 1. The fourth-order valence-corrected chi connectivity index (χ4v) is 2.87. The van der Waals surface area contributed by atoms with Crippen molar-refractivity contribution in [3.05, 3.63) is 65.2 Å². The summed E-state index contributed by atoms with van der Waals surface area (Å²) in [5.41, 5.74) is 8.47. The third kappa shape index (κ3) is 2.05. The lowest BCUT2D eigenvalue weighted by molar-refractivity contribution is 0.369. The van der Waals surface area contributed by atoms with Crippen molar-refractivity contribution in [2.75, 3.05) is 0 Å². The Morgan fingerprint density at radius 2 is 2.21 bits per heavy atom. The third-order valence-electron chi connectivity index (χ3n) is 3.93. The maximum Gasteiger partial charge on any atom is 0.244 e. The molecular formula is C17H13N5O2. The average Bonchev–Trinajstić information content (AvgIpc) is 3.20. The molecule has 0 radical (unpaired) electrons. The lowest BCUT2D eigenvalue weighted by Crippen LogP contribution is -2.20. The number of nitrogens with zero attached hydrogens (tertiary/aromatic N) is 3. The molecule has 0 amide bonds. The smallest absolute Gasteiger partial charge is 0.244 e. The lowest BCUT2D eigenvalue weighted by atomic mass is 9.87. The first-order valence-electron chi connectivity index (χ1n) is 7.31. The molecule has 0 aromatic carbocycles. The molecule has 24 heavy (non-hydrogen) atoms. The van der Waals surface area contributed by atoms with Gasteiger partial charge in [-0.1, -0.05) is 0 Å². The van der Waals surface area contributed by atoms with Crippen LogP contribution in [0.3, 0.4) is 0 Å². The van der Waals surface area contributed by atoms with Crippen LogP contribution in [0.2, 0.25) is 0 Å². The molecule has 0 aliphatic carbocycles. The molecular weight excluding hydrogens is 306 g/mol. The Bertz CT molecular complexity index is 978. The summed E-state index contributed by atoms with van der Waals surface area (Å²) < 4.78 is 11.3. The van der Waals surface area contributed by atoms with Crippen molar-refractivity contribution in [1.29, 1.82) is 5.26 Å². The Kier molecular flexibility index (Phi) is 3.10. The zero-order valence-electron chi connectivity index (χ0n) is 12.8. The van der Waals surface area contributed by atoms with E-state index in [9.17, 15) is 5.26 Å². The number of aromatic nitrogens is 3. The van der Waals surface area contributed by atoms with Crippen LogP contribution in [0.1, 0.15) is 23.0 Å². The highest BCUT2D eigenvalue weighted by molar-refractivity contribution is 5.69. The molecule has 1 atom stereocenters. The Hall–Kier alpha value is -3.53. The van der Waals surface area contributed by atoms with Gasteiger partial charge in [-0.05, 0) is 31.2 Å². The number of fused-ring (bicyclic) bond motifs is 1. The molecule has 118 valence electrons. The van der Waals surface area contributed by atoms with E-state index in [1.807, 2.05) is 31.2 Å². The quantitative estimate of drug-likeness (QED) is 0.750. The molecule has 3 N–H and O–H groups in total. The van der Waals surface area contributed by atoms with Crippen LogP contribution in [0.4, 0.5) is 0 Å². The number of nitrogens with two attached hydrogens (primary N) is 1. The Morgan fingerprint density at radius 1 is 1.33 bits per heavy atom. The van der Waals surface area contributed by atoms with Crippen LogP contribution in [-0.4, -0.2) is 15.2 Å². The maximum atomic E-state index is 9.57. The van der Waals surface area contributed by atoms with Gasteiger partial charge in [0.25, 0.3) is 0 Å². The topological polar surface area (TPSA) is 114 Å². The largest absolute Gasteiger partial charge is 0.465 e. The summed E-state index contributed by atoms with van der Waals surface area (Å²) >= 11 is 0. The van der Waals surface area contributed by atoms with E-state index in [0.717, 1.165) is 17.0 Å². The highest BCUT2D eigenvalue weighted by Crippen LogP contribution is 2.45. The number of hydrogen-bond acceptors (Lipinski definition) is 6. The molecule has 4 heterocycles. The number of hydrogen-bond donors (Lipinski definition) is 2. The summed E-state index contributed by atoms with van der Waals surface area (Å²) in [5, 5.41) is 16.7. The fraction of sp³-hybridized carbons (Fsp3) is 0.118. The molecule has 1 aliphatic rings. The monoisotopic (exact) mass is 319 g/mol. The Morgan fingerprint density at radius 3 is 2.88 bits per heavy atom. The predicted octanol–water partition coefficient (Wildman–Crippen LogP) is 2.59. The SMILES string of the molecule is Cc1ccc([C@H]2C(C#N)=C(N)Oc3n[nH]c(-c4cccnc4)c32)o1. The third-order valence-corrected chi connectivity index (χ3v) is 3.93. The molecule has 0 saturated heterocycles. The molecule has 3 aromatic rings. The minimum atomic E-state index is -0.485. The molecule has 0 saturated carbocycles. The second-order valence-corrected chi connectivity index (χ2v) is 5.43. The predicted molar refractivity (Wildman–Crippen MR) is 84.6 cm³/mol. The number of nitriles is 1. The first-order chi connectivity index (χ1) is 11.7. The lowest BCUT2D eigenvalue weighted by Gasteiger charge is -2.22. The second kappa shape index (κ2) is 5.28. The number of pyridine rings is 1. The van der Waals surface area contributed by atoms with Gasteiger partial charge in [0.2, 0.25) is 11.8 Å². The van der Waals surface area contributed by atoms with Crippen molar-refractivity contribution in [2.24, 2.45) is 5.73 Å². The molecule has 1 aliphatic heterocycles. The molecule has 0 bridgehead atoms. The van der Waals surface area contributed by atoms with Crippen molar-refractivity contribution in [2.45, 2.75) is 12.8 Å². The van der Waals surface area contributed by atoms with Crippen molar-refractivity contribution in [1.82, 2.24) is 15.2 Å². The van der Waals surface area contributed by atoms with Crippen LogP contribution in [0, 0.1) is 18.3 Å². The molecule has 0 fully saturated rings. The summed E-state index contributed by atoms with van der Waals surface area (Å²) in [5.74, 6) is 1.25. The average molecular weight is 319 g/mol. The minimum Gasteiger partial charge on any atom is -0.465 e. The van der Waals surface area contributed by atoms with Crippen LogP contribution < -0.4 is 10.5 Å². The first-order valence-corrected chi connectivity index (χ1v) is 7.31. The van der Waals surface area contributed by atoms with Crippen molar-refractivity contribution in [3.8, 4) is 23.2 Å². The van der Waals surface area contributed by atoms with E-state index in [2.05, 4.69) is 21.3 Å². The van der Waals surface area contributed by atoms with E-state index < -0.39 is 5.92 Å². The molecule has 0 spiro atoms. The number of rotatable bonds is 2. The Labute approximate surface area is 137 Å². The number of aromatic amines is 1. The van der Waals surface area contributed by atoms with Crippen LogP contribution in [0.5, 0.6) is 5.88 Å². The van der Waals surface area contributed by atoms with Crippen LogP contribution in [-0.2, 0) is 0 Å². The van der Waals surface area contributed by atoms with E-state index in [4.69, 9.17) is 14.9 Å². The van der Waals surface area contributed by atoms with Gasteiger partial charge in [0.05, 0.1) is 17.2 Å². The number of aryl methyl sites for hydroxylation is 1. The van der Waals surface area contributed by atoms with E-state index in [0.29, 0.717) is 22.8 Å². The molecule has 7 nitrogen and oxygen atoms in total. The minimum absolute atomic E-state index is 0.0355. The van der Waals surface area contributed by atoms with Crippen LogP contribution >= 0.6 is 0 Å². The van der Waals surface area contributed by atoms with E-state index >= 15 is 0 Å². The van der Waals surface area contributed by atoms with Crippen LogP contribution in [0.15, 0.2) is 52.5 Å². The van der Waals surface area contributed by atoms with Gasteiger partial charge in [0.15, 0.2) is 0 Å². The standard InChI is InChI=1S/C17H13N5O2/c1-9-4-5-12(23-9)13-11(7-18)16(19)24-17-14(13)15(21-22-17)10-3-2-6-20-8-10/h2-6,8,13H,19H2,1H3,(H,21,22)/t13-/m1/s1. The van der Waals surface area contributed by atoms with Gasteiger partial charge in [-0.3, -0.25) is 10.1 Å². The Balaban J connectivity index is 1.96. The number of ether oxygens (including phenoxy) is 1. The number of H-pyrrole nitrogens is 1. The van der Waals surface area contributed by atoms with Gasteiger partial charge in [-0.25, -0.2) is 0 Å². The van der Waals surface area contributed by atoms with Gasteiger partial charge in [0.1, 0.15) is 23.2 Å². The van der Waals surface area contributed by atoms with Gasteiger partial charge >= 0.3 is 0 Å². The van der Waals surface area contributed by atoms with E-state index in [1.165, 1.54) is 0 Å². The maximum absolute atomic E-state index is 9.57. The van der Waals surface area contributed by atoms with E-state index in [-0.39, 0.29) is 5.88 Å². The molecule has 4 rings (SSSR count). The van der Waals surface area contributed by atoms with E-state index in [1.54, 1.807) is 12.4 Å². The number of furan rings is 1. The zero-order valence-corrected chi connectivity index (χ0v) is 12.8. The highest BCUT2D eigenvalue weighted by Gasteiger charge is 2.37. The van der Waals surface area contributed by atoms with Gasteiger partial charge in [-0.15, -0.1) is 5.10 Å². The van der Waals surface area contributed by atoms with Gasteiger partial charge in [-0.2, -0.15) is 5.26 Å².